The number of hydrogen-bond acceptors (Lipinski definition) is 7. The van der Waals surface area contributed by atoms with Crippen molar-refractivity contribution >= 4 is 34.6 Å². The van der Waals surface area contributed by atoms with Crippen molar-refractivity contribution in [3.63, 3.8) is 0 Å². The molecule has 0 saturated heterocycles. The van der Waals surface area contributed by atoms with E-state index in [1.54, 1.807) is 19.2 Å². The second-order valence-electron chi connectivity index (χ2n) is 13.3. The summed E-state index contributed by atoms with van der Waals surface area (Å²) in [5.74, 6) is -1.93. The van der Waals surface area contributed by atoms with Crippen LogP contribution in [0.1, 0.15) is 82.9 Å². The Morgan fingerprint density at radius 2 is 1.69 bits per heavy atom. The largest absolute Gasteiger partial charge is 0.508 e. The summed E-state index contributed by atoms with van der Waals surface area (Å²) < 4.78 is 5.75. The zero-order chi connectivity index (χ0) is 35.5. The van der Waals surface area contributed by atoms with Gasteiger partial charge in [-0.25, -0.2) is 0 Å². The number of hydrogen-bond donors (Lipinski definition) is 5. The topological polar surface area (TPSA) is 167 Å². The summed E-state index contributed by atoms with van der Waals surface area (Å²) in [6.45, 7) is 6.09. The number of para-hydroxylation sites is 1. The lowest BCUT2D eigenvalue weighted by Crippen LogP contribution is -2.56. The van der Waals surface area contributed by atoms with E-state index in [9.17, 15) is 24.3 Å². The number of carbonyl (C=O) groups excluding carboxylic acids is 4. The second kappa shape index (κ2) is 17.7. The van der Waals surface area contributed by atoms with E-state index in [4.69, 9.17) is 10.5 Å². The predicted octanol–water partition coefficient (Wildman–Crippen LogP) is 4.80. The van der Waals surface area contributed by atoms with Crippen LogP contribution in [0.2, 0.25) is 0 Å². The first kappa shape index (κ1) is 37.2. The fourth-order valence-electron chi connectivity index (χ4n) is 6.33. The van der Waals surface area contributed by atoms with Crippen molar-refractivity contribution in [2.24, 2.45) is 11.7 Å². The average molecular weight is 674 g/mol. The number of phenols is 1. The molecule has 6 N–H and O–H groups in total. The molecule has 2 heterocycles. The molecule has 0 saturated carbocycles. The zero-order valence-electron chi connectivity index (χ0n) is 29.0. The van der Waals surface area contributed by atoms with Crippen molar-refractivity contribution in [1.82, 2.24) is 20.5 Å². The lowest BCUT2D eigenvalue weighted by atomic mass is 9.98. The Balaban J connectivity index is 1.75. The number of ether oxygens (including phenoxy) is 1. The quantitative estimate of drug-likeness (QED) is 0.136. The Morgan fingerprint density at radius 1 is 0.959 bits per heavy atom. The van der Waals surface area contributed by atoms with Crippen molar-refractivity contribution in [3.05, 3.63) is 77.5 Å². The number of aromatic hydroxyl groups is 1. The van der Waals surface area contributed by atoms with Crippen LogP contribution in [-0.2, 0) is 30.3 Å². The summed E-state index contributed by atoms with van der Waals surface area (Å²) in [6, 6.07) is 11.3. The predicted molar refractivity (Wildman–Crippen MR) is 189 cm³/mol. The van der Waals surface area contributed by atoms with Gasteiger partial charge in [-0.2, -0.15) is 0 Å². The number of aromatic nitrogens is 1. The monoisotopic (exact) mass is 673 g/mol. The molecule has 2 aromatic carbocycles. The lowest BCUT2D eigenvalue weighted by Gasteiger charge is -2.32. The van der Waals surface area contributed by atoms with Gasteiger partial charge >= 0.3 is 5.97 Å². The number of H-pyrrole nitrogens is 1. The molecule has 0 bridgehead atoms. The Labute approximate surface area is 288 Å². The van der Waals surface area contributed by atoms with E-state index in [0.717, 1.165) is 22.0 Å². The molecule has 5 atom stereocenters. The molecule has 0 unspecified atom stereocenters. The molecule has 3 aromatic rings. The van der Waals surface area contributed by atoms with Gasteiger partial charge in [0.25, 0.3) is 0 Å². The molecular weight excluding hydrogens is 622 g/mol. The third-order valence-corrected chi connectivity index (χ3v) is 9.22. The van der Waals surface area contributed by atoms with Gasteiger partial charge in [0, 0.05) is 36.5 Å². The normalized spacial score (nSPS) is 25.0. The van der Waals surface area contributed by atoms with E-state index in [1.165, 1.54) is 17.0 Å². The van der Waals surface area contributed by atoms with Gasteiger partial charge in [0.15, 0.2) is 0 Å². The Kier molecular flexibility index (Phi) is 13.4. The number of benzene rings is 2. The van der Waals surface area contributed by atoms with Crippen LogP contribution in [0.15, 0.2) is 66.4 Å². The summed E-state index contributed by atoms with van der Waals surface area (Å²) in [5.41, 5.74) is 9.12. The fourth-order valence-corrected chi connectivity index (χ4v) is 6.33. The van der Waals surface area contributed by atoms with E-state index < -0.39 is 35.9 Å². The van der Waals surface area contributed by atoms with Crippen LogP contribution in [0.5, 0.6) is 5.75 Å². The Hall–Kier alpha value is -4.64. The molecule has 0 fully saturated rings. The van der Waals surface area contributed by atoms with Crippen molar-refractivity contribution < 1.29 is 29.0 Å². The van der Waals surface area contributed by atoms with Crippen LogP contribution in [0.3, 0.4) is 0 Å². The lowest BCUT2D eigenvalue weighted by molar-refractivity contribution is -0.149. The number of phenolic OH excluding ortho intramolecular Hbond substituents is 1. The molecule has 4 rings (SSSR count). The number of nitrogens with two attached hydrogens (primary N) is 1. The van der Waals surface area contributed by atoms with Gasteiger partial charge in [0.2, 0.25) is 17.7 Å². The van der Waals surface area contributed by atoms with E-state index in [-0.39, 0.29) is 36.5 Å². The molecule has 1 aliphatic rings. The summed E-state index contributed by atoms with van der Waals surface area (Å²) in [7, 11) is 1.58. The van der Waals surface area contributed by atoms with Gasteiger partial charge in [-0.05, 0) is 88.2 Å². The van der Waals surface area contributed by atoms with Crippen LogP contribution >= 0.6 is 0 Å². The van der Waals surface area contributed by atoms with Crippen LogP contribution in [0.4, 0.5) is 0 Å². The van der Waals surface area contributed by atoms with Gasteiger partial charge in [0.05, 0.1) is 18.6 Å². The molecule has 11 heteroatoms. The van der Waals surface area contributed by atoms with Gasteiger partial charge in [-0.15, -0.1) is 0 Å². The molecule has 3 amide bonds. The Bertz CT molecular complexity index is 1620. The van der Waals surface area contributed by atoms with E-state index >= 15 is 0 Å². The first-order chi connectivity index (χ1) is 23.5. The summed E-state index contributed by atoms with van der Waals surface area (Å²) in [4.78, 5) is 60.0. The van der Waals surface area contributed by atoms with Gasteiger partial charge in [-0.1, -0.05) is 48.9 Å². The number of allylic oxidation sites excluding steroid dienone is 2. The number of nitrogens with one attached hydrogen (secondary N) is 3. The molecule has 0 spiro atoms. The number of carbonyl (C=O) groups is 4. The summed E-state index contributed by atoms with van der Waals surface area (Å²) >= 11 is 0. The molecule has 1 aromatic heterocycles. The summed E-state index contributed by atoms with van der Waals surface area (Å²) in [6.07, 6.45) is 6.97. The number of esters is 1. The van der Waals surface area contributed by atoms with Gasteiger partial charge < -0.3 is 36.1 Å². The number of unbranched alkanes of at least 4 members (excludes halogenated alkanes) is 1. The molecular formula is C38H51N5O6. The van der Waals surface area contributed by atoms with E-state index in [0.29, 0.717) is 50.6 Å². The van der Waals surface area contributed by atoms with Crippen molar-refractivity contribution in [1.29, 1.82) is 0 Å². The number of cyclic esters (lactones) is 1. The highest BCUT2D eigenvalue weighted by molar-refractivity contribution is 5.93. The highest BCUT2D eigenvalue weighted by Crippen LogP contribution is 2.25. The summed E-state index contributed by atoms with van der Waals surface area (Å²) in [5, 5.41) is 16.9. The SMILES string of the molecule is C/C1=C\CC[C@H](C)OC(=O)C[C@H](c2ccc(O)cc2)NC(=O)[C@@H](Cc2c[nH]c3ccccc23)N(C)C(=O)[C@H](CCCCN)NC(=O)[C@@H](C)C1. The fraction of sp³-hybridized carbons (Fsp3) is 0.474. The van der Waals surface area contributed by atoms with Crippen molar-refractivity contribution in [2.45, 2.75) is 96.4 Å². The maximum absolute atomic E-state index is 14.4. The van der Waals surface area contributed by atoms with Gasteiger partial charge in [-0.3, -0.25) is 19.2 Å². The van der Waals surface area contributed by atoms with E-state index in [2.05, 4.69) is 21.7 Å². The molecule has 0 aliphatic carbocycles. The molecule has 49 heavy (non-hydrogen) atoms. The number of fused-ring (bicyclic) bond motifs is 1. The number of rotatable bonds is 7. The number of aromatic amines is 1. The maximum atomic E-state index is 14.4. The maximum Gasteiger partial charge on any atom is 0.308 e. The average Bonchev–Trinajstić information content (AvgIpc) is 3.48. The van der Waals surface area contributed by atoms with Crippen molar-refractivity contribution in [3.8, 4) is 5.75 Å². The molecule has 11 nitrogen and oxygen atoms in total. The van der Waals surface area contributed by atoms with Gasteiger partial charge in [0.1, 0.15) is 17.8 Å². The number of nitrogens with zero attached hydrogens (tertiary/aromatic N) is 1. The van der Waals surface area contributed by atoms with Crippen LogP contribution in [0, 0.1) is 5.92 Å². The highest BCUT2D eigenvalue weighted by atomic mass is 16.5. The minimum Gasteiger partial charge on any atom is -0.508 e. The highest BCUT2D eigenvalue weighted by Gasteiger charge is 2.35. The van der Waals surface area contributed by atoms with E-state index in [1.807, 2.05) is 51.2 Å². The van der Waals surface area contributed by atoms with Crippen molar-refractivity contribution in [2.75, 3.05) is 13.6 Å². The minimum atomic E-state index is -1.00. The van der Waals surface area contributed by atoms with Crippen LogP contribution < -0.4 is 16.4 Å². The Morgan fingerprint density at radius 3 is 2.43 bits per heavy atom. The molecule has 0 radical (unpaired) electrons. The third kappa shape index (κ3) is 10.4. The standard InChI is InChI=1S/C38H51N5O6/c1-24-10-9-11-26(3)49-35(45)22-33(27-15-17-29(44)18-16-27)42-37(47)34(21-28-23-40-31-13-6-5-12-30(28)31)43(4)38(48)32(14-7-8-19-39)41-36(46)25(2)20-24/h5-6,10,12-13,15-18,23,25-26,32-34,40,44H,7-9,11,14,19-22,39H2,1-4H3,(H,41,46)(H,42,47)/b24-10+/t25-,26-,32-,33+,34+/m0/s1. The number of likely N-dealkylation sites (N-methyl/N-ethyl adjacent to an activating group) is 1. The first-order valence-electron chi connectivity index (χ1n) is 17.2. The minimum absolute atomic E-state index is 0.0466. The van der Waals surface area contributed by atoms with Crippen LogP contribution in [0.25, 0.3) is 10.9 Å². The molecule has 264 valence electrons. The first-order valence-corrected chi connectivity index (χ1v) is 17.2. The number of amides is 3. The smallest absolute Gasteiger partial charge is 0.308 e. The van der Waals surface area contributed by atoms with Crippen LogP contribution in [-0.4, -0.2) is 70.5 Å². The third-order valence-electron chi connectivity index (χ3n) is 9.22. The zero-order valence-corrected chi connectivity index (χ0v) is 29.0. The molecule has 1 aliphatic heterocycles. The second-order valence-corrected chi connectivity index (χ2v) is 13.3.